The molecule has 0 radical (unpaired) electrons. The molecule has 7 N–H and O–H groups in total. The molecular formula is C9H19FN4O2. The van der Waals surface area contributed by atoms with Crippen molar-refractivity contribution in [3.63, 3.8) is 0 Å². The fraction of sp³-hybridized carbons (Fsp3) is 0.778. The molecule has 0 fully saturated rings. The number of aliphatic imine (C=N–C) groups is 1. The van der Waals surface area contributed by atoms with Crippen LogP contribution in [0.4, 0.5) is 4.39 Å². The van der Waals surface area contributed by atoms with Crippen LogP contribution in [0.3, 0.4) is 0 Å². The average molecular weight is 234 g/mol. The second-order valence-electron chi connectivity index (χ2n) is 3.64. The number of aliphatic carboxylic acids is 1. The quantitative estimate of drug-likeness (QED) is 0.330. The number of carboxylic acid groups (broad SMARTS) is 1. The standard InChI is InChI=1S/C9H19FN4O2/c10-3-1-2-6(5-14-9(12)13)4-7(11)8(15)16/h6-7H,1-5,11H2,(H,15,16)(H4,12,13,14)/t6-,7-/m0/s1. The van der Waals surface area contributed by atoms with Crippen LogP contribution >= 0.6 is 0 Å². The average Bonchev–Trinajstić information content (AvgIpc) is 2.21. The molecule has 0 saturated carbocycles. The summed E-state index contributed by atoms with van der Waals surface area (Å²) >= 11 is 0. The third kappa shape index (κ3) is 6.99. The van der Waals surface area contributed by atoms with Crippen LogP contribution in [0.1, 0.15) is 19.3 Å². The summed E-state index contributed by atoms with van der Waals surface area (Å²) in [4.78, 5) is 14.4. The predicted molar refractivity (Wildman–Crippen MR) is 59.6 cm³/mol. The first-order valence-corrected chi connectivity index (χ1v) is 5.07. The summed E-state index contributed by atoms with van der Waals surface area (Å²) in [6.07, 6.45) is 1.12. The minimum absolute atomic E-state index is 0.0610. The molecule has 0 bridgehead atoms. The van der Waals surface area contributed by atoms with E-state index in [1.54, 1.807) is 0 Å². The number of halogens is 1. The molecular weight excluding hydrogens is 215 g/mol. The topological polar surface area (TPSA) is 128 Å². The number of carbonyl (C=O) groups is 1. The van der Waals surface area contributed by atoms with Gasteiger partial charge in [-0.1, -0.05) is 0 Å². The van der Waals surface area contributed by atoms with Crippen LogP contribution in [-0.4, -0.2) is 36.3 Å². The number of carboxylic acids is 1. The van der Waals surface area contributed by atoms with Crippen molar-refractivity contribution in [2.24, 2.45) is 28.1 Å². The Morgan fingerprint density at radius 2 is 2.06 bits per heavy atom. The van der Waals surface area contributed by atoms with Crippen LogP contribution < -0.4 is 17.2 Å². The number of hydrogen-bond acceptors (Lipinski definition) is 3. The van der Waals surface area contributed by atoms with Gasteiger partial charge in [0.15, 0.2) is 5.96 Å². The van der Waals surface area contributed by atoms with E-state index in [-0.39, 0.29) is 24.8 Å². The Morgan fingerprint density at radius 3 is 2.50 bits per heavy atom. The second-order valence-corrected chi connectivity index (χ2v) is 3.64. The highest BCUT2D eigenvalue weighted by Crippen LogP contribution is 2.14. The van der Waals surface area contributed by atoms with Crippen LogP contribution in [0, 0.1) is 5.92 Å². The van der Waals surface area contributed by atoms with Gasteiger partial charge in [-0.3, -0.25) is 14.2 Å². The van der Waals surface area contributed by atoms with Crippen LogP contribution in [0.5, 0.6) is 0 Å². The summed E-state index contributed by atoms with van der Waals surface area (Å²) < 4.78 is 12.0. The fourth-order valence-corrected chi connectivity index (χ4v) is 1.34. The lowest BCUT2D eigenvalue weighted by molar-refractivity contribution is -0.138. The molecule has 0 amide bonds. The number of rotatable bonds is 8. The summed E-state index contributed by atoms with van der Waals surface area (Å²) in [5.41, 5.74) is 15.7. The van der Waals surface area contributed by atoms with E-state index in [0.717, 1.165) is 0 Å². The largest absolute Gasteiger partial charge is 0.480 e. The molecule has 0 aromatic carbocycles. The van der Waals surface area contributed by atoms with Crippen LogP contribution in [-0.2, 0) is 4.79 Å². The summed E-state index contributed by atoms with van der Waals surface area (Å²) in [6.45, 7) is -0.163. The van der Waals surface area contributed by atoms with Gasteiger partial charge in [0.1, 0.15) is 6.04 Å². The number of nitrogens with zero attached hydrogens (tertiary/aromatic N) is 1. The predicted octanol–water partition coefficient (Wildman–Crippen LogP) is -0.572. The Hall–Kier alpha value is -1.37. The van der Waals surface area contributed by atoms with Gasteiger partial charge >= 0.3 is 5.97 Å². The number of alkyl halides is 1. The van der Waals surface area contributed by atoms with Gasteiger partial charge < -0.3 is 22.3 Å². The lowest BCUT2D eigenvalue weighted by Gasteiger charge is -2.16. The molecule has 0 aliphatic carbocycles. The molecule has 2 atom stereocenters. The molecule has 0 aliphatic rings. The summed E-state index contributed by atoms with van der Waals surface area (Å²) in [5.74, 6) is -1.24. The van der Waals surface area contributed by atoms with E-state index < -0.39 is 18.7 Å². The minimum Gasteiger partial charge on any atom is -0.480 e. The molecule has 0 rings (SSSR count). The Labute approximate surface area is 93.7 Å². The number of guanidine groups is 1. The van der Waals surface area contributed by atoms with Gasteiger partial charge in [-0.2, -0.15) is 0 Å². The molecule has 6 nitrogen and oxygen atoms in total. The van der Waals surface area contributed by atoms with Crippen molar-refractivity contribution >= 4 is 11.9 Å². The van der Waals surface area contributed by atoms with E-state index in [0.29, 0.717) is 12.8 Å². The van der Waals surface area contributed by atoms with Crippen LogP contribution in [0.25, 0.3) is 0 Å². The van der Waals surface area contributed by atoms with E-state index in [1.165, 1.54) is 0 Å². The molecule has 16 heavy (non-hydrogen) atoms. The Balaban J connectivity index is 4.19. The molecule has 0 heterocycles. The van der Waals surface area contributed by atoms with E-state index in [2.05, 4.69) is 4.99 Å². The van der Waals surface area contributed by atoms with Crippen molar-refractivity contribution in [2.45, 2.75) is 25.3 Å². The van der Waals surface area contributed by atoms with Gasteiger partial charge in [0.05, 0.1) is 6.67 Å². The maximum atomic E-state index is 12.0. The van der Waals surface area contributed by atoms with Crippen LogP contribution in [0.15, 0.2) is 4.99 Å². The van der Waals surface area contributed by atoms with Crippen molar-refractivity contribution in [1.82, 2.24) is 0 Å². The highest BCUT2D eigenvalue weighted by Gasteiger charge is 2.18. The molecule has 0 saturated heterocycles. The molecule has 0 unspecified atom stereocenters. The van der Waals surface area contributed by atoms with E-state index in [9.17, 15) is 9.18 Å². The zero-order chi connectivity index (χ0) is 12.6. The minimum atomic E-state index is -1.07. The third-order valence-corrected chi connectivity index (χ3v) is 2.18. The lowest BCUT2D eigenvalue weighted by atomic mass is 9.95. The van der Waals surface area contributed by atoms with E-state index in [1.807, 2.05) is 0 Å². The highest BCUT2D eigenvalue weighted by atomic mass is 19.1. The number of nitrogens with two attached hydrogens (primary N) is 3. The molecule has 0 aromatic heterocycles. The Morgan fingerprint density at radius 1 is 1.44 bits per heavy atom. The van der Waals surface area contributed by atoms with Gasteiger partial charge in [-0.25, -0.2) is 0 Å². The maximum absolute atomic E-state index is 12.0. The van der Waals surface area contributed by atoms with Crippen molar-refractivity contribution in [2.75, 3.05) is 13.2 Å². The number of hydrogen-bond donors (Lipinski definition) is 4. The van der Waals surface area contributed by atoms with E-state index >= 15 is 0 Å². The summed E-state index contributed by atoms with van der Waals surface area (Å²) in [5, 5.41) is 8.65. The smallest absolute Gasteiger partial charge is 0.320 e. The SMILES string of the molecule is NC(N)=NC[C@@H](CCCF)C[C@H](N)C(=O)O. The summed E-state index contributed by atoms with van der Waals surface area (Å²) in [7, 11) is 0. The van der Waals surface area contributed by atoms with Gasteiger partial charge in [0.25, 0.3) is 0 Å². The maximum Gasteiger partial charge on any atom is 0.320 e. The molecule has 0 spiro atoms. The summed E-state index contributed by atoms with van der Waals surface area (Å²) in [6, 6.07) is -0.959. The zero-order valence-electron chi connectivity index (χ0n) is 9.10. The second kappa shape index (κ2) is 7.86. The molecule has 0 aliphatic heterocycles. The van der Waals surface area contributed by atoms with Crippen molar-refractivity contribution in [1.29, 1.82) is 0 Å². The Bertz CT molecular complexity index is 244. The van der Waals surface area contributed by atoms with Gasteiger partial charge in [-0.05, 0) is 25.2 Å². The molecule has 94 valence electrons. The third-order valence-electron chi connectivity index (χ3n) is 2.18. The van der Waals surface area contributed by atoms with E-state index in [4.69, 9.17) is 22.3 Å². The van der Waals surface area contributed by atoms with Crippen molar-refractivity contribution < 1.29 is 14.3 Å². The fourth-order valence-electron chi connectivity index (χ4n) is 1.34. The van der Waals surface area contributed by atoms with Gasteiger partial charge in [-0.15, -0.1) is 0 Å². The molecule has 0 aromatic rings. The van der Waals surface area contributed by atoms with Gasteiger partial charge in [0.2, 0.25) is 0 Å². The van der Waals surface area contributed by atoms with Gasteiger partial charge in [0, 0.05) is 6.54 Å². The monoisotopic (exact) mass is 234 g/mol. The van der Waals surface area contributed by atoms with Crippen molar-refractivity contribution in [3.05, 3.63) is 0 Å². The highest BCUT2D eigenvalue weighted by molar-refractivity contribution is 5.75. The normalized spacial score (nSPS) is 14.1. The first-order chi connectivity index (χ1) is 7.47. The van der Waals surface area contributed by atoms with Crippen LogP contribution in [0.2, 0.25) is 0 Å². The molecule has 7 heteroatoms. The first-order valence-electron chi connectivity index (χ1n) is 5.07. The first kappa shape index (κ1) is 14.6. The Kier molecular flexibility index (Phi) is 7.19. The lowest BCUT2D eigenvalue weighted by Crippen LogP contribution is -2.33. The van der Waals surface area contributed by atoms with Crippen molar-refractivity contribution in [3.8, 4) is 0 Å². The zero-order valence-corrected chi connectivity index (χ0v) is 9.10.